The molecular formula is C14H12NO4S-. The van der Waals surface area contributed by atoms with Crippen molar-refractivity contribution in [3.05, 3.63) is 54.6 Å². The van der Waals surface area contributed by atoms with Gasteiger partial charge in [0.2, 0.25) is 0 Å². The molecule has 2 aromatic carbocycles. The van der Waals surface area contributed by atoms with E-state index in [9.17, 15) is 13.6 Å². The number of carboxylic acids is 1. The lowest BCUT2D eigenvalue weighted by atomic mass is 10.0. The van der Waals surface area contributed by atoms with Gasteiger partial charge >= 0.3 is 5.97 Å². The molecular weight excluding hydrogens is 278 g/mol. The van der Waals surface area contributed by atoms with Crippen molar-refractivity contribution in [2.24, 2.45) is 0 Å². The van der Waals surface area contributed by atoms with E-state index in [-0.39, 0.29) is 0 Å². The molecule has 1 atom stereocenters. The molecule has 0 aliphatic carbocycles. The summed E-state index contributed by atoms with van der Waals surface area (Å²) in [6, 6.07) is 16.0. The van der Waals surface area contributed by atoms with E-state index in [0.717, 1.165) is 9.87 Å². The molecule has 5 nitrogen and oxygen atoms in total. The Labute approximate surface area is 118 Å². The van der Waals surface area contributed by atoms with Gasteiger partial charge < -0.3 is 9.66 Å². The summed E-state index contributed by atoms with van der Waals surface area (Å²) in [5.41, 5.74) is 1.83. The molecule has 20 heavy (non-hydrogen) atoms. The van der Waals surface area contributed by atoms with Gasteiger partial charge in [0.05, 0.1) is 5.69 Å². The minimum Gasteiger partial charge on any atom is -0.755 e. The van der Waals surface area contributed by atoms with Crippen LogP contribution in [0.4, 0.5) is 5.69 Å². The number of hydrogen-bond donors (Lipinski definition) is 1. The third-order valence-electron chi connectivity index (χ3n) is 2.72. The van der Waals surface area contributed by atoms with Crippen LogP contribution in [0.1, 0.15) is 0 Å². The number of nitrogens with zero attached hydrogens (tertiary/aromatic N) is 1. The number of anilines is 1. The van der Waals surface area contributed by atoms with Crippen LogP contribution in [0.25, 0.3) is 11.1 Å². The summed E-state index contributed by atoms with van der Waals surface area (Å²) in [6.07, 6.45) is 0. The number of carbonyl (C=O) groups is 1. The first kappa shape index (κ1) is 14.2. The molecule has 0 aliphatic heterocycles. The van der Waals surface area contributed by atoms with Crippen LogP contribution in [0.15, 0.2) is 54.6 Å². The minimum absolute atomic E-state index is 0.342. The van der Waals surface area contributed by atoms with Crippen LogP contribution < -0.4 is 4.31 Å². The summed E-state index contributed by atoms with van der Waals surface area (Å²) < 4.78 is 23.4. The topological polar surface area (TPSA) is 80.7 Å². The summed E-state index contributed by atoms with van der Waals surface area (Å²) in [5, 5.41) is 8.84. The first-order chi connectivity index (χ1) is 9.59. The molecule has 2 rings (SSSR count). The van der Waals surface area contributed by atoms with Crippen molar-refractivity contribution in [3.8, 4) is 11.1 Å². The highest BCUT2D eigenvalue weighted by molar-refractivity contribution is 7.80. The summed E-state index contributed by atoms with van der Waals surface area (Å²) >= 11 is -2.66. The average Bonchev–Trinajstić information content (AvgIpc) is 2.45. The smallest absolute Gasteiger partial charge is 0.324 e. The molecule has 0 bridgehead atoms. The lowest BCUT2D eigenvalue weighted by Crippen LogP contribution is -2.31. The first-order valence-corrected chi connectivity index (χ1v) is 6.86. The Morgan fingerprint density at radius 2 is 1.70 bits per heavy atom. The number of carboxylic acid groups (broad SMARTS) is 1. The molecule has 0 saturated heterocycles. The molecule has 6 heteroatoms. The van der Waals surface area contributed by atoms with Crippen LogP contribution in [0, 0.1) is 0 Å². The minimum atomic E-state index is -2.66. The SMILES string of the molecule is O=C(O)CN(c1ccccc1-c1ccccc1)S(=O)[O-]. The van der Waals surface area contributed by atoms with Gasteiger partial charge in [0.25, 0.3) is 0 Å². The number of para-hydroxylation sites is 1. The Bertz CT molecular complexity index is 630. The van der Waals surface area contributed by atoms with E-state index in [1.54, 1.807) is 24.3 Å². The Morgan fingerprint density at radius 3 is 2.30 bits per heavy atom. The maximum atomic E-state index is 11.3. The van der Waals surface area contributed by atoms with Gasteiger partial charge in [-0.05, 0) is 11.6 Å². The summed E-state index contributed by atoms with van der Waals surface area (Å²) in [7, 11) is 0. The van der Waals surface area contributed by atoms with Crippen molar-refractivity contribution in [2.75, 3.05) is 10.8 Å². The third kappa shape index (κ3) is 3.23. The second-order valence-electron chi connectivity index (χ2n) is 4.03. The number of benzene rings is 2. The molecule has 0 aromatic heterocycles. The average molecular weight is 290 g/mol. The Balaban J connectivity index is 2.51. The van der Waals surface area contributed by atoms with Crippen molar-refractivity contribution in [1.82, 2.24) is 0 Å². The zero-order valence-corrected chi connectivity index (χ0v) is 11.2. The highest BCUT2D eigenvalue weighted by Gasteiger charge is 2.15. The molecule has 0 heterocycles. The number of hydrogen-bond acceptors (Lipinski definition) is 3. The fourth-order valence-electron chi connectivity index (χ4n) is 1.89. The van der Waals surface area contributed by atoms with Crippen LogP contribution >= 0.6 is 0 Å². The van der Waals surface area contributed by atoms with E-state index >= 15 is 0 Å². The maximum Gasteiger partial charge on any atom is 0.324 e. The normalized spacial score (nSPS) is 11.8. The Hall–Kier alpha value is -2.18. The van der Waals surface area contributed by atoms with Crippen molar-refractivity contribution < 1.29 is 18.7 Å². The zero-order valence-electron chi connectivity index (χ0n) is 10.4. The summed E-state index contributed by atoms with van der Waals surface area (Å²) in [4.78, 5) is 10.8. The van der Waals surface area contributed by atoms with Crippen LogP contribution in [-0.2, 0) is 16.1 Å². The van der Waals surface area contributed by atoms with E-state index in [2.05, 4.69) is 0 Å². The molecule has 0 fully saturated rings. The third-order valence-corrected chi connectivity index (χ3v) is 3.40. The van der Waals surface area contributed by atoms with Crippen LogP contribution in [0.3, 0.4) is 0 Å². The lowest BCUT2D eigenvalue weighted by Gasteiger charge is -2.26. The fraction of sp³-hybridized carbons (Fsp3) is 0.0714. The van der Waals surface area contributed by atoms with Crippen molar-refractivity contribution in [3.63, 3.8) is 0 Å². The monoisotopic (exact) mass is 290 g/mol. The fourth-order valence-corrected chi connectivity index (χ4v) is 2.43. The second kappa shape index (κ2) is 6.31. The van der Waals surface area contributed by atoms with Gasteiger partial charge in [0, 0.05) is 16.8 Å². The summed E-state index contributed by atoms with van der Waals surface area (Å²) in [6.45, 7) is -0.611. The van der Waals surface area contributed by atoms with Gasteiger partial charge in [-0.15, -0.1) is 0 Å². The van der Waals surface area contributed by atoms with Gasteiger partial charge in [-0.2, -0.15) is 0 Å². The zero-order chi connectivity index (χ0) is 14.5. The predicted molar refractivity (Wildman–Crippen MR) is 75.8 cm³/mol. The molecule has 0 amide bonds. The molecule has 0 aliphatic rings. The molecule has 1 N–H and O–H groups in total. The molecule has 2 aromatic rings. The predicted octanol–water partition coefficient (Wildman–Crippen LogP) is 2.04. The van der Waals surface area contributed by atoms with Crippen molar-refractivity contribution >= 4 is 22.9 Å². The maximum absolute atomic E-state index is 11.3. The van der Waals surface area contributed by atoms with Gasteiger partial charge in [0.1, 0.15) is 6.54 Å². The first-order valence-electron chi connectivity index (χ1n) is 5.83. The van der Waals surface area contributed by atoms with E-state index in [4.69, 9.17) is 5.11 Å². The van der Waals surface area contributed by atoms with Gasteiger partial charge in [-0.1, -0.05) is 48.5 Å². The molecule has 0 saturated carbocycles. The van der Waals surface area contributed by atoms with Crippen LogP contribution in [-0.4, -0.2) is 26.4 Å². The standard InChI is InChI=1S/C14H13NO4S/c16-14(17)10-15(20(18)19)13-9-5-4-8-12(13)11-6-2-1-3-7-11/h1-9H,10H2,(H,16,17)(H,18,19)/p-1. The van der Waals surface area contributed by atoms with Gasteiger partial charge in [-0.3, -0.25) is 13.3 Å². The molecule has 104 valence electrons. The lowest BCUT2D eigenvalue weighted by molar-refractivity contribution is -0.135. The van der Waals surface area contributed by atoms with E-state index in [1.165, 1.54) is 0 Å². The Kier molecular flexibility index (Phi) is 4.49. The molecule has 0 radical (unpaired) electrons. The van der Waals surface area contributed by atoms with Crippen molar-refractivity contribution in [1.29, 1.82) is 0 Å². The Morgan fingerprint density at radius 1 is 1.10 bits per heavy atom. The largest absolute Gasteiger partial charge is 0.755 e. The highest BCUT2D eigenvalue weighted by Crippen LogP contribution is 2.31. The van der Waals surface area contributed by atoms with E-state index < -0.39 is 23.8 Å². The molecule has 0 spiro atoms. The van der Waals surface area contributed by atoms with E-state index in [0.29, 0.717) is 11.3 Å². The van der Waals surface area contributed by atoms with Crippen molar-refractivity contribution in [2.45, 2.75) is 0 Å². The summed E-state index contributed by atoms with van der Waals surface area (Å²) in [5.74, 6) is -1.21. The molecule has 1 unspecified atom stereocenters. The number of aliphatic carboxylic acids is 1. The quantitative estimate of drug-likeness (QED) is 0.854. The van der Waals surface area contributed by atoms with Gasteiger partial charge in [-0.25, -0.2) is 0 Å². The number of rotatable bonds is 5. The van der Waals surface area contributed by atoms with E-state index in [1.807, 2.05) is 30.3 Å². The van der Waals surface area contributed by atoms with Crippen LogP contribution in [0.5, 0.6) is 0 Å². The highest BCUT2D eigenvalue weighted by atomic mass is 32.2. The van der Waals surface area contributed by atoms with Gasteiger partial charge in [0.15, 0.2) is 0 Å². The van der Waals surface area contributed by atoms with Crippen LogP contribution in [0.2, 0.25) is 0 Å². The second-order valence-corrected chi connectivity index (χ2v) is 4.91.